The second-order valence-corrected chi connectivity index (χ2v) is 4.77. The Balaban J connectivity index is 1.99. The molecule has 0 bridgehead atoms. The first kappa shape index (κ1) is 14.4. The van der Waals surface area contributed by atoms with E-state index in [1.54, 1.807) is 7.11 Å². The van der Waals surface area contributed by atoms with E-state index in [-0.39, 0.29) is 5.91 Å². The molecule has 0 aliphatic carbocycles. The number of amides is 2. The van der Waals surface area contributed by atoms with Crippen LogP contribution in [0.1, 0.15) is 25.3 Å². The largest absolute Gasteiger partial charge is 0.497 e. The maximum Gasteiger partial charge on any atom is 0.417 e. The highest BCUT2D eigenvalue weighted by Gasteiger charge is 2.39. The Morgan fingerprint density at radius 2 is 1.95 bits per heavy atom. The number of ether oxygens (including phenoxy) is 2. The molecule has 0 aromatic heterocycles. The molecule has 1 fully saturated rings. The van der Waals surface area contributed by atoms with Gasteiger partial charge in [-0.1, -0.05) is 25.5 Å². The van der Waals surface area contributed by atoms with Gasteiger partial charge in [0.1, 0.15) is 5.75 Å². The third-order valence-electron chi connectivity index (χ3n) is 3.32. The molecule has 20 heavy (non-hydrogen) atoms. The highest BCUT2D eigenvalue weighted by Crippen LogP contribution is 2.19. The van der Waals surface area contributed by atoms with Gasteiger partial charge in [-0.3, -0.25) is 4.79 Å². The summed E-state index contributed by atoms with van der Waals surface area (Å²) in [6.45, 7) is 2.45. The minimum absolute atomic E-state index is 0.237. The molecule has 2 rings (SSSR count). The second-order valence-electron chi connectivity index (χ2n) is 4.77. The van der Waals surface area contributed by atoms with Crippen LogP contribution in [0.4, 0.5) is 4.79 Å². The van der Waals surface area contributed by atoms with Crippen molar-refractivity contribution in [1.29, 1.82) is 0 Å². The van der Waals surface area contributed by atoms with Crippen molar-refractivity contribution >= 4 is 12.0 Å². The van der Waals surface area contributed by atoms with E-state index in [2.05, 4.69) is 0 Å². The summed E-state index contributed by atoms with van der Waals surface area (Å²) in [4.78, 5) is 25.0. The Labute approximate surface area is 118 Å². The van der Waals surface area contributed by atoms with Crippen molar-refractivity contribution in [3.05, 3.63) is 29.8 Å². The number of carbonyl (C=O) groups is 2. The van der Waals surface area contributed by atoms with Gasteiger partial charge in [0.15, 0.2) is 6.10 Å². The summed E-state index contributed by atoms with van der Waals surface area (Å²) in [6, 6.07) is 7.39. The smallest absolute Gasteiger partial charge is 0.417 e. The lowest BCUT2D eigenvalue weighted by molar-refractivity contribution is -0.129. The maximum absolute atomic E-state index is 12.1. The minimum Gasteiger partial charge on any atom is -0.497 e. The summed E-state index contributed by atoms with van der Waals surface area (Å²) in [6.07, 6.45) is 0.905. The number of benzene rings is 1. The van der Waals surface area contributed by atoms with E-state index in [1.165, 1.54) is 4.90 Å². The van der Waals surface area contributed by atoms with E-state index < -0.39 is 12.2 Å². The molecule has 108 valence electrons. The minimum atomic E-state index is -0.701. The van der Waals surface area contributed by atoms with Gasteiger partial charge in [-0.25, -0.2) is 9.69 Å². The highest BCUT2D eigenvalue weighted by atomic mass is 16.6. The molecule has 1 heterocycles. The molecule has 1 aromatic carbocycles. The number of nitrogens with zero attached hydrogens (tertiary/aromatic N) is 1. The maximum atomic E-state index is 12.1. The van der Waals surface area contributed by atoms with Crippen molar-refractivity contribution in [2.24, 2.45) is 0 Å². The van der Waals surface area contributed by atoms with Crippen LogP contribution in [0.2, 0.25) is 0 Å². The van der Waals surface area contributed by atoms with E-state index in [4.69, 9.17) is 9.47 Å². The molecule has 1 aliphatic rings. The summed E-state index contributed by atoms with van der Waals surface area (Å²) in [5.74, 6) is 0.521. The van der Waals surface area contributed by atoms with Crippen LogP contribution in [-0.2, 0) is 16.0 Å². The average molecular weight is 277 g/mol. The first-order chi connectivity index (χ1) is 9.65. The molecule has 0 saturated carbocycles. The van der Waals surface area contributed by atoms with Gasteiger partial charge in [-0.05, 0) is 24.1 Å². The predicted molar refractivity (Wildman–Crippen MR) is 73.6 cm³/mol. The van der Waals surface area contributed by atoms with Crippen LogP contribution >= 0.6 is 0 Å². The number of unbranched alkanes of at least 4 members (excludes halogenated alkanes) is 1. The van der Waals surface area contributed by atoms with Crippen molar-refractivity contribution in [3.63, 3.8) is 0 Å². The standard InChI is InChI=1S/C15H19NO4/c1-3-4-9-16-14(17)13(20-15(16)18)10-11-5-7-12(19-2)8-6-11/h5-8,13H,3-4,9-10H2,1-2H3. The molecule has 2 amide bonds. The van der Waals surface area contributed by atoms with E-state index >= 15 is 0 Å². The Hall–Kier alpha value is -2.04. The van der Waals surface area contributed by atoms with Crippen molar-refractivity contribution < 1.29 is 19.1 Å². The van der Waals surface area contributed by atoms with Crippen LogP contribution in [-0.4, -0.2) is 36.7 Å². The molecule has 1 atom stereocenters. The van der Waals surface area contributed by atoms with Gasteiger partial charge >= 0.3 is 6.09 Å². The first-order valence-corrected chi connectivity index (χ1v) is 6.80. The number of hydrogen-bond acceptors (Lipinski definition) is 4. The Bertz CT molecular complexity index is 483. The lowest BCUT2D eigenvalue weighted by Crippen LogP contribution is -2.33. The Morgan fingerprint density at radius 3 is 2.55 bits per heavy atom. The molecule has 5 heteroatoms. The molecule has 0 spiro atoms. The van der Waals surface area contributed by atoms with Crippen LogP contribution in [0.3, 0.4) is 0 Å². The number of rotatable bonds is 6. The lowest BCUT2D eigenvalue weighted by atomic mass is 10.1. The molecule has 1 aromatic rings. The summed E-state index contributed by atoms with van der Waals surface area (Å²) in [7, 11) is 1.60. The third kappa shape index (κ3) is 3.10. The van der Waals surface area contributed by atoms with Crippen LogP contribution < -0.4 is 4.74 Å². The van der Waals surface area contributed by atoms with Gasteiger partial charge in [-0.2, -0.15) is 0 Å². The second kappa shape index (κ2) is 6.41. The molecule has 1 aliphatic heterocycles. The third-order valence-corrected chi connectivity index (χ3v) is 3.32. The zero-order valence-corrected chi connectivity index (χ0v) is 11.8. The zero-order chi connectivity index (χ0) is 14.5. The molecule has 1 unspecified atom stereocenters. The van der Waals surface area contributed by atoms with E-state index in [1.807, 2.05) is 31.2 Å². The number of hydrogen-bond donors (Lipinski definition) is 0. The van der Waals surface area contributed by atoms with Crippen molar-refractivity contribution in [2.75, 3.05) is 13.7 Å². The van der Waals surface area contributed by atoms with E-state index in [9.17, 15) is 9.59 Å². The summed E-state index contributed by atoms with van der Waals surface area (Å²) >= 11 is 0. The number of carbonyl (C=O) groups excluding carboxylic acids is 2. The lowest BCUT2D eigenvalue weighted by Gasteiger charge is -2.10. The van der Waals surface area contributed by atoms with Crippen molar-refractivity contribution in [1.82, 2.24) is 4.90 Å². The van der Waals surface area contributed by atoms with Crippen LogP contribution in [0, 0.1) is 0 Å². The Morgan fingerprint density at radius 1 is 1.25 bits per heavy atom. The highest BCUT2D eigenvalue weighted by molar-refractivity contribution is 6.00. The molecule has 0 N–H and O–H groups in total. The molecule has 0 radical (unpaired) electrons. The fraction of sp³-hybridized carbons (Fsp3) is 0.467. The zero-order valence-electron chi connectivity index (χ0n) is 11.8. The predicted octanol–water partition coefficient (Wildman–Crippen LogP) is 2.39. The monoisotopic (exact) mass is 277 g/mol. The molecular weight excluding hydrogens is 258 g/mol. The summed E-state index contributed by atoms with van der Waals surface area (Å²) in [5.41, 5.74) is 0.939. The van der Waals surface area contributed by atoms with Gasteiger partial charge < -0.3 is 9.47 Å². The number of imide groups is 1. The SMILES string of the molecule is CCCCN1C(=O)OC(Cc2ccc(OC)cc2)C1=O. The normalized spacial score (nSPS) is 18.3. The molecule has 1 saturated heterocycles. The number of methoxy groups -OCH3 is 1. The van der Waals surface area contributed by atoms with E-state index in [0.29, 0.717) is 13.0 Å². The fourth-order valence-corrected chi connectivity index (χ4v) is 2.12. The first-order valence-electron chi connectivity index (χ1n) is 6.80. The average Bonchev–Trinajstić information content (AvgIpc) is 2.72. The number of cyclic esters (lactones) is 1. The van der Waals surface area contributed by atoms with Crippen LogP contribution in [0.25, 0.3) is 0 Å². The van der Waals surface area contributed by atoms with Gasteiger partial charge in [0.2, 0.25) is 0 Å². The Kier molecular flexibility index (Phi) is 4.61. The van der Waals surface area contributed by atoms with Crippen molar-refractivity contribution in [2.45, 2.75) is 32.3 Å². The van der Waals surface area contributed by atoms with Gasteiger partial charge in [0.05, 0.1) is 7.11 Å². The summed E-state index contributed by atoms with van der Waals surface area (Å²) < 4.78 is 10.2. The van der Waals surface area contributed by atoms with E-state index in [0.717, 1.165) is 24.2 Å². The van der Waals surface area contributed by atoms with Crippen LogP contribution in [0.15, 0.2) is 24.3 Å². The molecule has 5 nitrogen and oxygen atoms in total. The quantitative estimate of drug-likeness (QED) is 0.801. The van der Waals surface area contributed by atoms with Gasteiger partial charge in [-0.15, -0.1) is 0 Å². The molecular formula is C15H19NO4. The van der Waals surface area contributed by atoms with Gasteiger partial charge in [0.25, 0.3) is 5.91 Å². The fourth-order valence-electron chi connectivity index (χ4n) is 2.12. The topological polar surface area (TPSA) is 55.8 Å². The van der Waals surface area contributed by atoms with Gasteiger partial charge in [0, 0.05) is 13.0 Å². The summed E-state index contributed by atoms with van der Waals surface area (Å²) in [5, 5.41) is 0. The van der Waals surface area contributed by atoms with Crippen LogP contribution in [0.5, 0.6) is 5.75 Å². The van der Waals surface area contributed by atoms with Crippen molar-refractivity contribution in [3.8, 4) is 5.75 Å².